The van der Waals surface area contributed by atoms with Gasteiger partial charge in [-0.1, -0.05) is 23.9 Å². The van der Waals surface area contributed by atoms with Gasteiger partial charge in [-0.3, -0.25) is 19.5 Å². The Hall–Kier alpha value is -2.35. The molecule has 8 heteroatoms. The van der Waals surface area contributed by atoms with Crippen LogP contribution < -0.4 is 16.2 Å². The molecular weight excluding hydrogens is 328 g/mol. The summed E-state index contributed by atoms with van der Waals surface area (Å²) in [4.78, 5) is 40.5. The molecule has 1 heterocycles. The Kier molecular flexibility index (Phi) is 4.57. The predicted molar refractivity (Wildman–Crippen MR) is 92.0 cm³/mol. The van der Waals surface area contributed by atoms with Crippen LogP contribution in [0.1, 0.15) is 19.8 Å². The van der Waals surface area contributed by atoms with Gasteiger partial charge in [0, 0.05) is 13.1 Å². The molecule has 7 nitrogen and oxygen atoms in total. The number of rotatable bonds is 4. The Morgan fingerprint density at radius 1 is 1.33 bits per heavy atom. The number of fused-ring (bicyclic) bond motifs is 1. The Balaban J connectivity index is 1.73. The standard InChI is InChI=1S/C16H18N4O3S/c1-9(13(21)19-15(23)17-10-7-8-10)24-16-18-12-6-4-3-5-11(12)14(22)20(16)2/h3-6,9-10H,7-8H2,1-2H3,(H2,17,19,21,23). The number of aromatic nitrogens is 2. The summed E-state index contributed by atoms with van der Waals surface area (Å²) in [7, 11) is 1.62. The third-order valence-electron chi connectivity index (χ3n) is 3.74. The van der Waals surface area contributed by atoms with E-state index >= 15 is 0 Å². The minimum absolute atomic E-state index is 0.165. The van der Waals surface area contributed by atoms with Gasteiger partial charge in [0.15, 0.2) is 5.16 Å². The van der Waals surface area contributed by atoms with Gasteiger partial charge in [0.2, 0.25) is 5.91 Å². The molecule has 3 rings (SSSR count). The number of hydrogen-bond acceptors (Lipinski definition) is 5. The molecule has 3 amide bonds. The lowest BCUT2D eigenvalue weighted by atomic mass is 10.2. The minimum Gasteiger partial charge on any atom is -0.335 e. The van der Waals surface area contributed by atoms with E-state index in [1.165, 1.54) is 4.57 Å². The second-order valence-corrected chi connectivity index (χ2v) is 7.08. The van der Waals surface area contributed by atoms with E-state index in [4.69, 9.17) is 0 Å². The summed E-state index contributed by atoms with van der Waals surface area (Å²) in [6.07, 6.45) is 1.91. The van der Waals surface area contributed by atoms with Gasteiger partial charge in [-0.15, -0.1) is 0 Å². The van der Waals surface area contributed by atoms with Crippen molar-refractivity contribution in [3.05, 3.63) is 34.6 Å². The van der Waals surface area contributed by atoms with Crippen molar-refractivity contribution in [1.29, 1.82) is 0 Å². The largest absolute Gasteiger partial charge is 0.335 e. The van der Waals surface area contributed by atoms with Crippen molar-refractivity contribution in [2.45, 2.75) is 36.2 Å². The molecule has 2 N–H and O–H groups in total. The molecule has 1 aromatic heterocycles. The van der Waals surface area contributed by atoms with Gasteiger partial charge in [-0.2, -0.15) is 0 Å². The number of thioether (sulfide) groups is 1. The summed E-state index contributed by atoms with van der Waals surface area (Å²) in [5, 5.41) is 5.42. The van der Waals surface area contributed by atoms with Crippen LogP contribution in [0.5, 0.6) is 0 Å². The summed E-state index contributed by atoms with van der Waals surface area (Å²) >= 11 is 1.14. The third kappa shape index (κ3) is 3.59. The number of para-hydroxylation sites is 1. The van der Waals surface area contributed by atoms with E-state index in [1.807, 2.05) is 6.07 Å². The molecular formula is C16H18N4O3S. The van der Waals surface area contributed by atoms with Crippen LogP contribution >= 0.6 is 11.8 Å². The molecule has 1 fully saturated rings. The van der Waals surface area contributed by atoms with Gasteiger partial charge in [-0.05, 0) is 31.9 Å². The molecule has 0 bridgehead atoms. The molecule has 1 saturated carbocycles. The summed E-state index contributed by atoms with van der Waals surface area (Å²) in [5.41, 5.74) is 0.421. The molecule has 1 atom stereocenters. The zero-order valence-electron chi connectivity index (χ0n) is 13.4. The lowest BCUT2D eigenvalue weighted by Crippen LogP contribution is -2.43. The fraction of sp³-hybridized carbons (Fsp3) is 0.375. The van der Waals surface area contributed by atoms with Crippen LogP contribution in [0.3, 0.4) is 0 Å². The summed E-state index contributed by atoms with van der Waals surface area (Å²) < 4.78 is 1.42. The fourth-order valence-corrected chi connectivity index (χ4v) is 3.05. The van der Waals surface area contributed by atoms with E-state index in [2.05, 4.69) is 15.6 Å². The van der Waals surface area contributed by atoms with Crippen molar-refractivity contribution in [2.24, 2.45) is 7.05 Å². The number of nitrogens with zero attached hydrogens (tertiary/aromatic N) is 2. The van der Waals surface area contributed by atoms with Crippen LogP contribution in [0.4, 0.5) is 4.79 Å². The quantitative estimate of drug-likeness (QED) is 0.645. The van der Waals surface area contributed by atoms with Crippen LogP contribution in [0.15, 0.2) is 34.2 Å². The van der Waals surface area contributed by atoms with Gasteiger partial charge in [0.1, 0.15) is 0 Å². The van der Waals surface area contributed by atoms with Gasteiger partial charge in [-0.25, -0.2) is 9.78 Å². The van der Waals surface area contributed by atoms with E-state index in [0.29, 0.717) is 16.1 Å². The number of urea groups is 1. The molecule has 1 aromatic carbocycles. The van der Waals surface area contributed by atoms with Gasteiger partial charge < -0.3 is 5.32 Å². The first-order chi connectivity index (χ1) is 11.5. The number of benzene rings is 1. The molecule has 1 aliphatic rings. The first kappa shape index (κ1) is 16.5. The highest BCUT2D eigenvalue weighted by molar-refractivity contribution is 8.00. The maximum atomic E-state index is 12.4. The van der Waals surface area contributed by atoms with Crippen molar-refractivity contribution >= 4 is 34.6 Å². The number of carbonyl (C=O) groups excluding carboxylic acids is 2. The number of amides is 3. The average Bonchev–Trinajstić information content (AvgIpc) is 3.36. The molecule has 0 radical (unpaired) electrons. The zero-order chi connectivity index (χ0) is 17.3. The van der Waals surface area contributed by atoms with Crippen LogP contribution in [-0.4, -0.2) is 32.8 Å². The Bertz CT molecular complexity index is 860. The average molecular weight is 346 g/mol. The Morgan fingerprint density at radius 2 is 2.04 bits per heavy atom. The number of nitrogens with one attached hydrogen (secondary N) is 2. The van der Waals surface area contributed by atoms with E-state index in [1.54, 1.807) is 32.2 Å². The summed E-state index contributed by atoms with van der Waals surface area (Å²) in [6.45, 7) is 1.67. The number of hydrogen-bond donors (Lipinski definition) is 2. The molecule has 2 aromatic rings. The van der Waals surface area contributed by atoms with E-state index in [-0.39, 0.29) is 11.6 Å². The van der Waals surface area contributed by atoms with Gasteiger partial charge >= 0.3 is 6.03 Å². The lowest BCUT2D eigenvalue weighted by Gasteiger charge is -2.13. The summed E-state index contributed by atoms with van der Waals surface area (Å²) in [6, 6.07) is 6.78. The summed E-state index contributed by atoms with van der Waals surface area (Å²) in [5.74, 6) is -0.416. The van der Waals surface area contributed by atoms with Crippen molar-refractivity contribution in [2.75, 3.05) is 0 Å². The second-order valence-electron chi connectivity index (χ2n) is 5.77. The topological polar surface area (TPSA) is 93.1 Å². The van der Waals surface area contributed by atoms with Crippen molar-refractivity contribution < 1.29 is 9.59 Å². The maximum Gasteiger partial charge on any atom is 0.321 e. The third-order valence-corrected chi connectivity index (χ3v) is 4.89. The van der Waals surface area contributed by atoms with E-state index in [0.717, 1.165) is 24.6 Å². The normalized spacial score (nSPS) is 15.1. The molecule has 126 valence electrons. The van der Waals surface area contributed by atoms with Crippen LogP contribution in [0.2, 0.25) is 0 Å². The first-order valence-electron chi connectivity index (χ1n) is 7.69. The molecule has 24 heavy (non-hydrogen) atoms. The molecule has 1 aliphatic carbocycles. The van der Waals surface area contributed by atoms with E-state index < -0.39 is 17.2 Å². The highest BCUT2D eigenvalue weighted by Gasteiger charge is 2.25. The van der Waals surface area contributed by atoms with Gasteiger partial charge in [0.25, 0.3) is 5.56 Å². The van der Waals surface area contributed by atoms with Gasteiger partial charge in [0.05, 0.1) is 16.2 Å². The fourth-order valence-electron chi connectivity index (χ4n) is 2.18. The monoisotopic (exact) mass is 346 g/mol. The first-order valence-corrected chi connectivity index (χ1v) is 8.57. The highest BCUT2D eigenvalue weighted by Crippen LogP contribution is 2.22. The smallest absolute Gasteiger partial charge is 0.321 e. The van der Waals surface area contributed by atoms with Crippen LogP contribution in [0.25, 0.3) is 10.9 Å². The van der Waals surface area contributed by atoms with Crippen LogP contribution in [0, 0.1) is 0 Å². The zero-order valence-corrected chi connectivity index (χ0v) is 14.2. The lowest BCUT2D eigenvalue weighted by molar-refractivity contribution is -0.119. The van der Waals surface area contributed by atoms with Crippen molar-refractivity contribution in [3.8, 4) is 0 Å². The van der Waals surface area contributed by atoms with E-state index in [9.17, 15) is 14.4 Å². The van der Waals surface area contributed by atoms with Crippen molar-refractivity contribution in [3.63, 3.8) is 0 Å². The molecule has 0 spiro atoms. The second kappa shape index (κ2) is 6.64. The number of carbonyl (C=O) groups is 2. The molecule has 0 aliphatic heterocycles. The Labute approximate surface area is 142 Å². The SMILES string of the molecule is CC(Sc1nc2ccccc2c(=O)n1C)C(=O)NC(=O)NC1CC1. The molecule has 1 unspecified atom stereocenters. The molecule has 0 saturated heterocycles. The van der Waals surface area contributed by atoms with Crippen molar-refractivity contribution in [1.82, 2.24) is 20.2 Å². The predicted octanol–water partition coefficient (Wildman–Crippen LogP) is 1.40. The number of imide groups is 1. The highest BCUT2D eigenvalue weighted by atomic mass is 32.2. The minimum atomic E-state index is -0.561. The Morgan fingerprint density at radius 3 is 2.75 bits per heavy atom. The van der Waals surface area contributed by atoms with Crippen LogP contribution in [-0.2, 0) is 11.8 Å². The maximum absolute atomic E-state index is 12.4.